The molecule has 1 aliphatic heterocycles. The van der Waals surface area contributed by atoms with Crippen LogP contribution < -0.4 is 10.6 Å². The lowest BCUT2D eigenvalue weighted by Crippen LogP contribution is -2.42. The molecule has 250 valence electrons. The Morgan fingerprint density at radius 2 is 1.80 bits per heavy atom. The van der Waals surface area contributed by atoms with Crippen LogP contribution in [0.5, 0.6) is 0 Å². The van der Waals surface area contributed by atoms with Gasteiger partial charge >= 0.3 is 5.97 Å². The molecule has 1 aromatic rings. The molecule has 2 aliphatic carbocycles. The Kier molecular flexibility index (Phi) is 15.3. The molecule has 3 amide bonds. The number of likely N-dealkylation sites (tertiary alicyclic amines) is 1. The van der Waals surface area contributed by atoms with Crippen molar-refractivity contribution < 1.29 is 24.3 Å². The number of nitrogens with zero attached hydrogens (tertiary/aromatic N) is 1. The summed E-state index contributed by atoms with van der Waals surface area (Å²) >= 11 is 5.93. The van der Waals surface area contributed by atoms with Crippen molar-refractivity contribution in [2.24, 2.45) is 29.1 Å². The molecule has 0 radical (unpaired) electrons. The Bertz CT molecular complexity index is 1180. The van der Waals surface area contributed by atoms with E-state index in [0.717, 1.165) is 18.4 Å². The number of allylic oxidation sites excluding steroid dienone is 1. The quantitative estimate of drug-likeness (QED) is 0.139. The first-order valence-electron chi connectivity index (χ1n) is 16.1. The van der Waals surface area contributed by atoms with E-state index in [0.29, 0.717) is 42.4 Å². The normalized spacial score (nSPS) is 23.2. The molecule has 3 fully saturated rings. The SMILES string of the molecule is C=CC1CC1C(=O)O.CC(NC(=O)CC1CCCCC1)C(C)(C)C.CNC(=O)C1CC(CC(=N)c2cccc(Cl)c2)CN1C=O. The first kappa shape index (κ1) is 38.0. The van der Waals surface area contributed by atoms with Crippen molar-refractivity contribution >= 4 is 41.5 Å². The Morgan fingerprint density at radius 1 is 1.13 bits per heavy atom. The van der Waals surface area contributed by atoms with Crippen molar-refractivity contribution in [2.75, 3.05) is 13.6 Å². The first-order valence-corrected chi connectivity index (χ1v) is 16.5. The summed E-state index contributed by atoms with van der Waals surface area (Å²) in [5.41, 5.74) is 1.41. The van der Waals surface area contributed by atoms with Crippen LogP contribution in [-0.2, 0) is 19.2 Å². The number of carbonyl (C=O) groups excluding carboxylic acids is 3. The van der Waals surface area contributed by atoms with Crippen LogP contribution in [0.4, 0.5) is 0 Å². The second-order valence-electron chi connectivity index (χ2n) is 13.7. The fourth-order valence-corrected chi connectivity index (χ4v) is 5.84. The minimum Gasteiger partial charge on any atom is -0.481 e. The first-order chi connectivity index (χ1) is 21.2. The average Bonchev–Trinajstić information content (AvgIpc) is 3.69. The van der Waals surface area contributed by atoms with Crippen molar-refractivity contribution in [3.05, 3.63) is 47.5 Å². The summed E-state index contributed by atoms with van der Waals surface area (Å²) in [5.74, 6) is 0.299. The predicted molar refractivity (Wildman–Crippen MR) is 179 cm³/mol. The number of carboxylic acids is 1. The van der Waals surface area contributed by atoms with Crippen molar-refractivity contribution in [3.8, 4) is 0 Å². The average molecular weight is 645 g/mol. The molecule has 10 heteroatoms. The van der Waals surface area contributed by atoms with Gasteiger partial charge in [-0.2, -0.15) is 0 Å². The number of hydrogen-bond acceptors (Lipinski definition) is 5. The lowest BCUT2D eigenvalue weighted by Gasteiger charge is -2.29. The Labute approximate surface area is 274 Å². The Morgan fingerprint density at radius 3 is 2.29 bits per heavy atom. The summed E-state index contributed by atoms with van der Waals surface area (Å²) in [7, 11) is 1.56. The monoisotopic (exact) mass is 644 g/mol. The standard InChI is InChI=1S/C15H18ClN3O2.C14H27NO.C6H8O2/c1-18-15(21)14-6-10(8-19(14)9-20)5-13(17)11-3-2-4-12(16)7-11;1-11(14(2,3)4)15-13(16)10-12-8-6-5-7-9-12;1-2-4-3-5(4)6(7)8/h2-4,7,9-10,14,17H,5-6,8H2,1H3,(H,18,21);11-12H,5-10H2,1-4H3,(H,15,16);2,4-5H,1,3H2,(H,7,8). The highest BCUT2D eigenvalue weighted by atomic mass is 35.5. The molecule has 4 N–H and O–H groups in total. The van der Waals surface area contributed by atoms with Crippen LogP contribution >= 0.6 is 11.6 Å². The third-order valence-corrected chi connectivity index (χ3v) is 9.35. The van der Waals surface area contributed by atoms with E-state index >= 15 is 0 Å². The molecule has 1 aromatic carbocycles. The zero-order chi connectivity index (χ0) is 33.7. The van der Waals surface area contributed by atoms with E-state index in [-0.39, 0.29) is 41.0 Å². The van der Waals surface area contributed by atoms with E-state index in [1.165, 1.54) is 37.0 Å². The van der Waals surface area contributed by atoms with E-state index in [2.05, 4.69) is 44.9 Å². The van der Waals surface area contributed by atoms with Gasteiger partial charge in [-0.15, -0.1) is 6.58 Å². The Hall–Kier alpha value is -3.20. The number of nitrogens with one attached hydrogen (secondary N) is 3. The van der Waals surface area contributed by atoms with Gasteiger partial charge in [0.2, 0.25) is 18.2 Å². The maximum atomic E-state index is 11.9. The van der Waals surface area contributed by atoms with Crippen LogP contribution in [0.1, 0.15) is 91.0 Å². The molecule has 5 atom stereocenters. The van der Waals surface area contributed by atoms with Gasteiger partial charge in [0.25, 0.3) is 0 Å². The van der Waals surface area contributed by atoms with Gasteiger partial charge in [-0.1, -0.05) is 69.8 Å². The predicted octanol–water partition coefficient (Wildman–Crippen LogP) is 6.09. The Balaban J connectivity index is 0.000000258. The fraction of sp³-hybridized carbons (Fsp3) is 0.629. The summed E-state index contributed by atoms with van der Waals surface area (Å²) in [5, 5.41) is 22.8. The molecule has 1 saturated heterocycles. The summed E-state index contributed by atoms with van der Waals surface area (Å²) in [6.45, 7) is 12.6. The number of likely N-dealkylation sites (N-methyl/N-ethyl adjacent to an activating group) is 1. The lowest BCUT2D eigenvalue weighted by atomic mass is 9.85. The summed E-state index contributed by atoms with van der Waals surface area (Å²) < 4.78 is 0. The van der Waals surface area contributed by atoms with Gasteiger partial charge in [0.15, 0.2) is 0 Å². The highest BCUT2D eigenvalue weighted by Crippen LogP contribution is 2.39. The van der Waals surface area contributed by atoms with Crippen LogP contribution in [0.15, 0.2) is 36.9 Å². The van der Waals surface area contributed by atoms with Crippen LogP contribution in [0.25, 0.3) is 0 Å². The van der Waals surface area contributed by atoms with Crippen molar-refractivity contribution in [3.63, 3.8) is 0 Å². The minimum absolute atomic E-state index is 0.115. The number of halogens is 1. The number of carboxylic acid groups (broad SMARTS) is 1. The van der Waals surface area contributed by atoms with Crippen LogP contribution in [0, 0.1) is 34.5 Å². The van der Waals surface area contributed by atoms with E-state index in [9.17, 15) is 19.2 Å². The zero-order valence-electron chi connectivity index (χ0n) is 27.6. The fourth-order valence-electron chi connectivity index (χ4n) is 5.65. The molecule has 5 unspecified atom stereocenters. The summed E-state index contributed by atoms with van der Waals surface area (Å²) in [6, 6.07) is 7.01. The molecule has 45 heavy (non-hydrogen) atoms. The van der Waals surface area contributed by atoms with Crippen LogP contribution in [0.3, 0.4) is 0 Å². The van der Waals surface area contributed by atoms with Crippen molar-refractivity contribution in [2.45, 2.75) is 97.6 Å². The number of benzene rings is 1. The molecule has 1 heterocycles. The highest BCUT2D eigenvalue weighted by Gasteiger charge is 2.40. The van der Waals surface area contributed by atoms with Crippen molar-refractivity contribution in [1.29, 1.82) is 5.41 Å². The van der Waals surface area contributed by atoms with Crippen molar-refractivity contribution in [1.82, 2.24) is 15.5 Å². The number of rotatable bonds is 10. The molecular formula is C35H53ClN4O5. The van der Waals surface area contributed by atoms with E-state index in [1.54, 1.807) is 25.3 Å². The second-order valence-corrected chi connectivity index (χ2v) is 14.1. The van der Waals surface area contributed by atoms with E-state index in [1.807, 2.05) is 12.1 Å². The third kappa shape index (κ3) is 13.0. The van der Waals surface area contributed by atoms with Gasteiger partial charge in [0.1, 0.15) is 6.04 Å². The molecule has 2 saturated carbocycles. The van der Waals surface area contributed by atoms with E-state index in [4.69, 9.17) is 22.1 Å². The molecular weight excluding hydrogens is 592 g/mol. The van der Waals surface area contributed by atoms with Crippen LogP contribution in [-0.4, -0.2) is 65.6 Å². The summed E-state index contributed by atoms with van der Waals surface area (Å²) in [4.78, 5) is 46.3. The van der Waals surface area contributed by atoms with E-state index < -0.39 is 12.0 Å². The topological polar surface area (TPSA) is 140 Å². The minimum atomic E-state index is -0.685. The maximum absolute atomic E-state index is 11.9. The number of aliphatic carboxylic acids is 1. The van der Waals surface area contributed by atoms with Gasteiger partial charge in [0.05, 0.1) is 5.92 Å². The molecule has 3 aliphatic rings. The van der Waals surface area contributed by atoms with Gasteiger partial charge in [0, 0.05) is 36.8 Å². The van der Waals surface area contributed by atoms with Gasteiger partial charge < -0.3 is 26.0 Å². The number of hydrogen-bond donors (Lipinski definition) is 4. The molecule has 0 spiro atoms. The van der Waals surface area contributed by atoms with Crippen LogP contribution in [0.2, 0.25) is 5.02 Å². The lowest BCUT2D eigenvalue weighted by molar-refractivity contribution is -0.138. The van der Waals surface area contributed by atoms with Gasteiger partial charge in [-0.05, 0) is 79.9 Å². The molecule has 0 aromatic heterocycles. The molecule has 9 nitrogen and oxygen atoms in total. The smallest absolute Gasteiger partial charge is 0.307 e. The summed E-state index contributed by atoms with van der Waals surface area (Å²) in [6.07, 6.45) is 11.5. The molecule has 0 bridgehead atoms. The number of amides is 3. The number of carbonyl (C=O) groups is 4. The zero-order valence-corrected chi connectivity index (χ0v) is 28.4. The largest absolute Gasteiger partial charge is 0.481 e. The molecule has 4 rings (SSSR count). The third-order valence-electron chi connectivity index (χ3n) is 9.11. The van der Waals surface area contributed by atoms with Gasteiger partial charge in [-0.25, -0.2) is 0 Å². The maximum Gasteiger partial charge on any atom is 0.307 e. The van der Waals surface area contributed by atoms with Gasteiger partial charge in [-0.3, -0.25) is 19.2 Å². The highest BCUT2D eigenvalue weighted by molar-refractivity contribution is 6.31. The second kappa shape index (κ2) is 18.1.